The predicted octanol–water partition coefficient (Wildman–Crippen LogP) is 3.93. The van der Waals surface area contributed by atoms with Crippen LogP contribution in [0, 0.1) is 5.82 Å². The Morgan fingerprint density at radius 1 is 1.07 bits per heavy atom. The van der Waals surface area contributed by atoms with Gasteiger partial charge in [-0.2, -0.15) is 0 Å². The molecule has 5 nitrogen and oxygen atoms in total. The zero-order valence-corrected chi connectivity index (χ0v) is 17.0. The summed E-state index contributed by atoms with van der Waals surface area (Å²) in [4.78, 5) is 16.5. The van der Waals surface area contributed by atoms with E-state index < -0.39 is 26.8 Å². The third-order valence-electron chi connectivity index (χ3n) is 4.14. The van der Waals surface area contributed by atoms with E-state index in [0.29, 0.717) is 15.6 Å². The van der Waals surface area contributed by atoms with Crippen LogP contribution in [0.4, 0.5) is 4.39 Å². The number of amides is 1. The maximum absolute atomic E-state index is 13.2. The van der Waals surface area contributed by atoms with E-state index >= 15 is 0 Å². The standard InChI is InChI=1S/C20H16BrFN2O3S/c21-18-6-2-1-5-17(18)20(25)24-13-19(14-4-3-11-23-12-14)28(26,27)16-9-7-15(22)8-10-16/h1-12,19H,13H2,(H,24,25). The number of benzene rings is 2. The number of hydrogen-bond acceptors (Lipinski definition) is 4. The van der Waals surface area contributed by atoms with E-state index in [0.717, 1.165) is 12.1 Å². The average molecular weight is 463 g/mol. The van der Waals surface area contributed by atoms with E-state index in [2.05, 4.69) is 26.2 Å². The Morgan fingerprint density at radius 3 is 2.43 bits per heavy atom. The van der Waals surface area contributed by atoms with Gasteiger partial charge in [-0.1, -0.05) is 18.2 Å². The molecule has 144 valence electrons. The molecule has 1 amide bonds. The van der Waals surface area contributed by atoms with Gasteiger partial charge in [-0.05, 0) is 64.0 Å². The van der Waals surface area contributed by atoms with Gasteiger partial charge in [-0.15, -0.1) is 0 Å². The average Bonchev–Trinajstić information content (AvgIpc) is 2.69. The van der Waals surface area contributed by atoms with Crippen molar-refractivity contribution in [1.29, 1.82) is 0 Å². The molecule has 0 aliphatic rings. The van der Waals surface area contributed by atoms with Crippen LogP contribution in [0.3, 0.4) is 0 Å². The molecule has 0 aliphatic heterocycles. The van der Waals surface area contributed by atoms with Crippen LogP contribution in [-0.4, -0.2) is 25.9 Å². The molecule has 3 rings (SSSR count). The molecule has 0 radical (unpaired) electrons. The van der Waals surface area contributed by atoms with Crippen LogP contribution in [0.25, 0.3) is 0 Å². The second-order valence-corrected chi connectivity index (χ2v) is 8.95. The Bertz CT molecular complexity index is 1070. The molecule has 1 atom stereocenters. The zero-order chi connectivity index (χ0) is 20.1. The molecule has 1 unspecified atom stereocenters. The highest BCUT2D eigenvalue weighted by atomic mass is 79.9. The number of aromatic nitrogens is 1. The van der Waals surface area contributed by atoms with Crippen LogP contribution >= 0.6 is 15.9 Å². The lowest BCUT2D eigenvalue weighted by Crippen LogP contribution is -2.32. The number of carbonyl (C=O) groups is 1. The summed E-state index contributed by atoms with van der Waals surface area (Å²) in [6.45, 7) is -0.161. The number of halogens is 2. The Morgan fingerprint density at radius 2 is 1.79 bits per heavy atom. The van der Waals surface area contributed by atoms with E-state index in [9.17, 15) is 17.6 Å². The largest absolute Gasteiger partial charge is 0.350 e. The Balaban J connectivity index is 1.91. The Labute approximate surface area is 170 Å². The van der Waals surface area contributed by atoms with Gasteiger partial charge in [0.25, 0.3) is 5.91 Å². The number of carbonyl (C=O) groups excluding carboxylic acids is 1. The molecule has 8 heteroatoms. The molecular weight excluding hydrogens is 447 g/mol. The first-order valence-electron chi connectivity index (χ1n) is 8.31. The fraction of sp³-hybridized carbons (Fsp3) is 0.100. The molecule has 2 aromatic carbocycles. The molecule has 0 fully saturated rings. The lowest BCUT2D eigenvalue weighted by atomic mass is 10.2. The lowest BCUT2D eigenvalue weighted by Gasteiger charge is -2.19. The molecule has 0 aliphatic carbocycles. The number of rotatable bonds is 6. The molecule has 0 saturated carbocycles. The third kappa shape index (κ3) is 4.45. The summed E-state index contributed by atoms with van der Waals surface area (Å²) in [5.74, 6) is -0.935. The molecule has 0 spiro atoms. The van der Waals surface area contributed by atoms with Gasteiger partial charge in [0.1, 0.15) is 11.1 Å². The van der Waals surface area contributed by atoms with Gasteiger partial charge in [-0.3, -0.25) is 9.78 Å². The summed E-state index contributed by atoms with van der Waals surface area (Å²) in [6.07, 6.45) is 2.97. The van der Waals surface area contributed by atoms with Gasteiger partial charge >= 0.3 is 0 Å². The highest BCUT2D eigenvalue weighted by Gasteiger charge is 2.30. The Hall–Kier alpha value is -2.58. The third-order valence-corrected chi connectivity index (χ3v) is 6.95. The summed E-state index contributed by atoms with van der Waals surface area (Å²) in [5, 5.41) is 1.60. The van der Waals surface area contributed by atoms with Crippen LogP contribution in [0.1, 0.15) is 21.2 Å². The fourth-order valence-electron chi connectivity index (χ4n) is 2.69. The molecule has 1 aromatic heterocycles. The minimum atomic E-state index is -3.89. The first-order valence-corrected chi connectivity index (χ1v) is 10.7. The van der Waals surface area contributed by atoms with Gasteiger partial charge in [-0.25, -0.2) is 12.8 Å². The summed E-state index contributed by atoms with van der Waals surface area (Å²) < 4.78 is 40.1. The topological polar surface area (TPSA) is 76.1 Å². The normalized spacial score (nSPS) is 12.4. The van der Waals surface area contributed by atoms with Crippen LogP contribution in [-0.2, 0) is 9.84 Å². The van der Waals surface area contributed by atoms with Crippen molar-refractivity contribution in [2.24, 2.45) is 0 Å². The number of pyridine rings is 1. The molecule has 1 heterocycles. The SMILES string of the molecule is O=C(NCC(c1cccnc1)S(=O)(=O)c1ccc(F)cc1)c1ccccc1Br. The van der Waals surface area contributed by atoms with E-state index in [1.807, 2.05) is 0 Å². The van der Waals surface area contributed by atoms with Crippen molar-refractivity contribution in [3.63, 3.8) is 0 Å². The van der Waals surface area contributed by atoms with E-state index in [1.54, 1.807) is 36.4 Å². The molecule has 0 bridgehead atoms. The minimum Gasteiger partial charge on any atom is -0.350 e. The fourth-order valence-corrected chi connectivity index (χ4v) is 4.80. The van der Waals surface area contributed by atoms with Crippen molar-refractivity contribution in [2.45, 2.75) is 10.1 Å². The summed E-state index contributed by atoms with van der Waals surface area (Å²) >= 11 is 3.31. The number of nitrogens with one attached hydrogen (secondary N) is 1. The maximum atomic E-state index is 13.2. The van der Waals surface area contributed by atoms with E-state index in [4.69, 9.17) is 0 Å². The molecule has 1 N–H and O–H groups in total. The van der Waals surface area contributed by atoms with Crippen molar-refractivity contribution in [3.8, 4) is 0 Å². The highest BCUT2D eigenvalue weighted by molar-refractivity contribution is 9.10. The van der Waals surface area contributed by atoms with Crippen molar-refractivity contribution in [1.82, 2.24) is 10.3 Å². The minimum absolute atomic E-state index is 0.0297. The first-order chi connectivity index (χ1) is 13.4. The highest BCUT2D eigenvalue weighted by Crippen LogP contribution is 2.28. The summed E-state index contributed by atoms with van der Waals surface area (Å²) in [6, 6.07) is 14.7. The van der Waals surface area contributed by atoms with E-state index in [1.165, 1.54) is 24.5 Å². The maximum Gasteiger partial charge on any atom is 0.252 e. The summed E-state index contributed by atoms with van der Waals surface area (Å²) in [5.41, 5.74) is 0.825. The van der Waals surface area contributed by atoms with Crippen LogP contribution in [0.2, 0.25) is 0 Å². The lowest BCUT2D eigenvalue weighted by molar-refractivity contribution is 0.0953. The molecule has 28 heavy (non-hydrogen) atoms. The van der Waals surface area contributed by atoms with Gasteiger partial charge in [0.05, 0.1) is 10.5 Å². The van der Waals surface area contributed by atoms with E-state index in [-0.39, 0.29) is 11.4 Å². The first kappa shape index (κ1) is 20.2. The van der Waals surface area contributed by atoms with Crippen LogP contribution in [0.5, 0.6) is 0 Å². The second-order valence-electron chi connectivity index (χ2n) is 5.96. The van der Waals surface area contributed by atoms with Crippen molar-refractivity contribution in [3.05, 3.63) is 94.5 Å². The number of nitrogens with zero attached hydrogens (tertiary/aromatic N) is 1. The molecular formula is C20H16BrFN2O3S. The Kier molecular flexibility index (Phi) is 6.21. The second kappa shape index (κ2) is 8.62. The predicted molar refractivity (Wildman–Crippen MR) is 107 cm³/mol. The van der Waals surface area contributed by atoms with Crippen LogP contribution in [0.15, 0.2) is 82.4 Å². The summed E-state index contributed by atoms with van der Waals surface area (Å²) in [7, 11) is -3.89. The smallest absolute Gasteiger partial charge is 0.252 e. The molecule has 0 saturated heterocycles. The van der Waals surface area contributed by atoms with Crippen LogP contribution < -0.4 is 5.32 Å². The molecule has 3 aromatic rings. The quantitative estimate of drug-likeness (QED) is 0.563. The van der Waals surface area contributed by atoms with Gasteiger partial charge < -0.3 is 5.32 Å². The van der Waals surface area contributed by atoms with Crippen molar-refractivity contribution >= 4 is 31.7 Å². The number of sulfone groups is 1. The zero-order valence-electron chi connectivity index (χ0n) is 14.5. The van der Waals surface area contributed by atoms with Crippen molar-refractivity contribution in [2.75, 3.05) is 6.54 Å². The van der Waals surface area contributed by atoms with Crippen molar-refractivity contribution < 1.29 is 17.6 Å². The van der Waals surface area contributed by atoms with Gasteiger partial charge in [0.2, 0.25) is 0 Å². The number of hydrogen-bond donors (Lipinski definition) is 1. The van der Waals surface area contributed by atoms with Gasteiger partial charge in [0.15, 0.2) is 9.84 Å². The monoisotopic (exact) mass is 462 g/mol. The van der Waals surface area contributed by atoms with Gasteiger partial charge in [0, 0.05) is 23.4 Å².